The largest absolute Gasteiger partial charge is 0.493 e. The van der Waals surface area contributed by atoms with Gasteiger partial charge in [0.25, 0.3) is 5.91 Å². The number of nitrogens with zero attached hydrogens (tertiary/aromatic N) is 4. The van der Waals surface area contributed by atoms with Crippen LogP contribution in [0.1, 0.15) is 10.4 Å². The summed E-state index contributed by atoms with van der Waals surface area (Å²) in [5.41, 5.74) is 4.59. The van der Waals surface area contributed by atoms with E-state index in [9.17, 15) is 4.79 Å². The third-order valence-electron chi connectivity index (χ3n) is 5.09. The van der Waals surface area contributed by atoms with Crippen LogP contribution in [0.2, 0.25) is 0 Å². The molecular weight excluding hydrogens is 452 g/mol. The lowest BCUT2D eigenvalue weighted by Crippen LogP contribution is -2.31. The number of methoxy groups -OCH3 is 2. The second-order valence-electron chi connectivity index (χ2n) is 7.73. The molecule has 2 aromatic carbocycles. The highest BCUT2D eigenvalue weighted by atomic mass is 32.1. The predicted octanol–water partition coefficient (Wildman–Crippen LogP) is 3.81. The van der Waals surface area contributed by atoms with Gasteiger partial charge in [-0.1, -0.05) is 12.1 Å². The average molecular weight is 479 g/mol. The van der Waals surface area contributed by atoms with Crippen LogP contribution in [0, 0.1) is 0 Å². The smallest absolute Gasteiger partial charge is 0.251 e. The first-order chi connectivity index (χ1) is 16.5. The van der Waals surface area contributed by atoms with Gasteiger partial charge >= 0.3 is 0 Å². The summed E-state index contributed by atoms with van der Waals surface area (Å²) in [5.74, 6) is 2.26. The van der Waals surface area contributed by atoms with Crippen molar-refractivity contribution in [3.8, 4) is 22.9 Å². The van der Waals surface area contributed by atoms with Gasteiger partial charge in [0.15, 0.2) is 23.1 Å². The molecule has 4 rings (SSSR count). The molecule has 2 N–H and O–H groups in total. The molecule has 0 spiro atoms. The minimum atomic E-state index is -0.108. The van der Waals surface area contributed by atoms with Crippen LogP contribution in [0.3, 0.4) is 0 Å². The van der Waals surface area contributed by atoms with Crippen LogP contribution in [0.15, 0.2) is 48.0 Å². The Labute approximate surface area is 201 Å². The van der Waals surface area contributed by atoms with E-state index in [0.717, 1.165) is 22.6 Å². The van der Waals surface area contributed by atoms with E-state index < -0.39 is 0 Å². The number of likely N-dealkylation sites (N-methyl/N-ethyl adjacent to an activating group) is 1. The Morgan fingerprint density at radius 3 is 2.50 bits per heavy atom. The third-order valence-corrected chi connectivity index (χ3v) is 5.81. The first kappa shape index (κ1) is 23.4. The van der Waals surface area contributed by atoms with Crippen molar-refractivity contribution in [2.75, 3.05) is 46.7 Å². The minimum Gasteiger partial charge on any atom is -0.493 e. The van der Waals surface area contributed by atoms with E-state index in [4.69, 9.17) is 14.5 Å². The van der Waals surface area contributed by atoms with Crippen molar-refractivity contribution in [2.45, 2.75) is 0 Å². The number of carbonyl (C=O) groups is 1. The molecule has 10 heteroatoms. The minimum absolute atomic E-state index is 0.108. The number of ether oxygens (including phenoxy) is 2. The Kier molecular flexibility index (Phi) is 7.19. The molecule has 176 valence electrons. The standard InChI is InChI=1S/C24H26N6O3S/c1-30(2)12-11-25-23(31)16-7-5-15(6-8-16)21-28-22(20-24(29-21)34-14-26-20)27-17-9-10-18(32-3)19(13-17)33-4/h5-10,13-14H,11-12H2,1-4H3,(H,25,31)(H,27,28,29). The first-order valence-corrected chi connectivity index (χ1v) is 11.5. The molecule has 0 atom stereocenters. The molecule has 1 amide bonds. The lowest BCUT2D eigenvalue weighted by atomic mass is 10.1. The molecule has 0 aliphatic heterocycles. The summed E-state index contributed by atoms with van der Waals surface area (Å²) in [5, 5.41) is 6.24. The van der Waals surface area contributed by atoms with Gasteiger partial charge in [-0.2, -0.15) is 0 Å². The Morgan fingerprint density at radius 2 is 1.79 bits per heavy atom. The topological polar surface area (TPSA) is 102 Å². The molecule has 0 bridgehead atoms. The van der Waals surface area contributed by atoms with Gasteiger partial charge in [-0.25, -0.2) is 15.0 Å². The number of carbonyl (C=O) groups excluding carboxylic acids is 1. The molecule has 0 saturated heterocycles. The van der Waals surface area contributed by atoms with Gasteiger partial charge in [-0.3, -0.25) is 4.79 Å². The molecule has 2 aromatic heterocycles. The molecule has 0 aliphatic carbocycles. The zero-order chi connectivity index (χ0) is 24.1. The van der Waals surface area contributed by atoms with Crippen molar-refractivity contribution in [2.24, 2.45) is 0 Å². The average Bonchev–Trinajstić information content (AvgIpc) is 3.33. The number of fused-ring (bicyclic) bond motifs is 1. The fourth-order valence-electron chi connectivity index (χ4n) is 3.29. The van der Waals surface area contributed by atoms with Crippen LogP contribution in [0.4, 0.5) is 11.5 Å². The number of anilines is 2. The summed E-state index contributed by atoms with van der Waals surface area (Å²) in [4.78, 5) is 29.0. The van der Waals surface area contributed by atoms with Gasteiger partial charge in [0.05, 0.1) is 19.7 Å². The van der Waals surface area contributed by atoms with Gasteiger partial charge in [0, 0.05) is 36.0 Å². The molecule has 0 fully saturated rings. The molecule has 34 heavy (non-hydrogen) atoms. The molecule has 9 nitrogen and oxygen atoms in total. The van der Waals surface area contributed by atoms with E-state index in [1.165, 1.54) is 11.3 Å². The van der Waals surface area contributed by atoms with Crippen molar-refractivity contribution >= 4 is 39.1 Å². The number of thiazole rings is 1. The molecule has 4 aromatic rings. The molecule has 2 heterocycles. The third kappa shape index (κ3) is 5.24. The van der Waals surface area contributed by atoms with E-state index in [1.807, 2.05) is 49.3 Å². The van der Waals surface area contributed by atoms with Crippen molar-refractivity contribution in [3.63, 3.8) is 0 Å². The summed E-state index contributed by atoms with van der Waals surface area (Å²) >= 11 is 1.44. The fraction of sp³-hybridized carbons (Fsp3) is 0.250. The Morgan fingerprint density at radius 1 is 1.03 bits per heavy atom. The molecule has 0 saturated carbocycles. The van der Waals surface area contributed by atoms with Gasteiger partial charge in [0.2, 0.25) is 0 Å². The first-order valence-electron chi connectivity index (χ1n) is 10.6. The second kappa shape index (κ2) is 10.4. The summed E-state index contributed by atoms with van der Waals surface area (Å²) < 4.78 is 10.7. The maximum absolute atomic E-state index is 12.4. The van der Waals surface area contributed by atoms with E-state index in [-0.39, 0.29) is 5.91 Å². The normalized spacial score (nSPS) is 11.0. The predicted molar refractivity (Wildman–Crippen MR) is 134 cm³/mol. The number of hydrogen-bond acceptors (Lipinski definition) is 9. The van der Waals surface area contributed by atoms with Gasteiger partial charge in [-0.05, 0) is 38.4 Å². The fourth-order valence-corrected chi connectivity index (χ4v) is 3.95. The number of rotatable bonds is 9. The van der Waals surface area contributed by atoms with Crippen LogP contribution in [0.5, 0.6) is 11.5 Å². The number of aromatic nitrogens is 3. The summed E-state index contributed by atoms with van der Waals surface area (Å²) in [6.07, 6.45) is 0. The lowest BCUT2D eigenvalue weighted by Gasteiger charge is -2.12. The number of nitrogens with one attached hydrogen (secondary N) is 2. The van der Waals surface area contributed by atoms with E-state index in [2.05, 4.69) is 20.6 Å². The van der Waals surface area contributed by atoms with E-state index >= 15 is 0 Å². The SMILES string of the molecule is COc1ccc(Nc2nc(-c3ccc(C(=O)NCCN(C)C)cc3)nc3scnc23)cc1OC. The van der Waals surface area contributed by atoms with Crippen LogP contribution in [0.25, 0.3) is 21.7 Å². The lowest BCUT2D eigenvalue weighted by molar-refractivity contribution is 0.0951. The highest BCUT2D eigenvalue weighted by Gasteiger charge is 2.14. The summed E-state index contributed by atoms with van der Waals surface area (Å²) in [7, 11) is 7.12. The molecular formula is C24H26N6O3S. The zero-order valence-electron chi connectivity index (χ0n) is 19.5. The summed E-state index contributed by atoms with van der Waals surface area (Å²) in [6.45, 7) is 1.37. The van der Waals surface area contributed by atoms with E-state index in [1.54, 1.807) is 31.9 Å². The Hall–Kier alpha value is -3.76. The Balaban J connectivity index is 1.59. The highest BCUT2D eigenvalue weighted by molar-refractivity contribution is 7.16. The maximum atomic E-state index is 12.4. The van der Waals surface area contributed by atoms with Crippen LogP contribution in [-0.2, 0) is 0 Å². The van der Waals surface area contributed by atoms with Crippen molar-refractivity contribution in [1.82, 2.24) is 25.2 Å². The molecule has 0 unspecified atom stereocenters. The maximum Gasteiger partial charge on any atom is 0.251 e. The number of hydrogen-bond donors (Lipinski definition) is 2. The molecule has 0 radical (unpaired) electrons. The molecule has 0 aliphatic rings. The zero-order valence-corrected chi connectivity index (χ0v) is 20.3. The van der Waals surface area contributed by atoms with Crippen LogP contribution >= 0.6 is 11.3 Å². The summed E-state index contributed by atoms with van der Waals surface area (Å²) in [6, 6.07) is 12.8. The highest BCUT2D eigenvalue weighted by Crippen LogP contribution is 2.33. The van der Waals surface area contributed by atoms with E-state index in [0.29, 0.717) is 40.8 Å². The number of amides is 1. The van der Waals surface area contributed by atoms with Crippen LogP contribution in [-0.4, -0.2) is 67.2 Å². The van der Waals surface area contributed by atoms with Crippen molar-refractivity contribution in [3.05, 3.63) is 53.5 Å². The second-order valence-corrected chi connectivity index (χ2v) is 8.57. The van der Waals surface area contributed by atoms with Gasteiger partial charge in [0.1, 0.15) is 10.3 Å². The van der Waals surface area contributed by atoms with Gasteiger partial charge < -0.3 is 25.0 Å². The van der Waals surface area contributed by atoms with Crippen molar-refractivity contribution < 1.29 is 14.3 Å². The van der Waals surface area contributed by atoms with Crippen molar-refractivity contribution in [1.29, 1.82) is 0 Å². The van der Waals surface area contributed by atoms with Crippen LogP contribution < -0.4 is 20.1 Å². The van der Waals surface area contributed by atoms with Gasteiger partial charge in [-0.15, -0.1) is 11.3 Å². The Bertz CT molecular complexity index is 1290. The monoisotopic (exact) mass is 478 g/mol. The number of benzene rings is 2. The quantitative estimate of drug-likeness (QED) is 0.375.